The highest BCUT2D eigenvalue weighted by molar-refractivity contribution is 7.99. The average Bonchev–Trinajstić information content (AvgIpc) is 2.79. The van der Waals surface area contributed by atoms with Gasteiger partial charge in [0.05, 0.1) is 12.4 Å². The Hall–Kier alpha value is -2.36. The lowest BCUT2D eigenvalue weighted by Crippen LogP contribution is -2.16. The summed E-state index contributed by atoms with van der Waals surface area (Å²) in [7, 11) is 0. The second-order valence-corrected chi connectivity index (χ2v) is 4.37. The summed E-state index contributed by atoms with van der Waals surface area (Å²) in [5.41, 5.74) is 5.37. The molecule has 0 saturated carbocycles. The highest BCUT2D eigenvalue weighted by Crippen LogP contribution is 2.21. The Balaban J connectivity index is 2.22. The monoisotopic (exact) mass is 281 g/mol. The van der Waals surface area contributed by atoms with E-state index in [1.165, 1.54) is 28.7 Å². The second kappa shape index (κ2) is 5.52. The van der Waals surface area contributed by atoms with Gasteiger partial charge in [-0.25, -0.2) is 19.9 Å². The van der Waals surface area contributed by atoms with Crippen molar-refractivity contribution in [2.75, 3.05) is 0 Å². The summed E-state index contributed by atoms with van der Waals surface area (Å²) in [6, 6.07) is 0. The molecule has 0 unspecified atom stereocenters. The molecule has 0 atom stereocenters. The first-order valence-electron chi connectivity index (χ1n) is 5.28. The normalized spacial score (nSPS) is 11.7. The van der Waals surface area contributed by atoms with Gasteiger partial charge in [0.2, 0.25) is 0 Å². The predicted molar refractivity (Wildman–Crippen MR) is 67.2 cm³/mol. The van der Waals surface area contributed by atoms with Gasteiger partial charge in [-0.05, 0) is 18.7 Å². The molecule has 2 heterocycles. The molecule has 0 aliphatic rings. The molecule has 0 fully saturated rings. The zero-order valence-electron chi connectivity index (χ0n) is 9.94. The van der Waals surface area contributed by atoms with Gasteiger partial charge < -0.3 is 10.9 Å². The number of aromatic amines is 1. The SMILES string of the molecule is CCn1c(Sc2cnc(C(N)=NO)cn2)n[nH]c1=O. The van der Waals surface area contributed by atoms with Gasteiger partial charge in [0.15, 0.2) is 11.0 Å². The number of nitrogens with two attached hydrogens (primary N) is 1. The Morgan fingerprint density at radius 2 is 2.37 bits per heavy atom. The van der Waals surface area contributed by atoms with Crippen LogP contribution >= 0.6 is 11.8 Å². The lowest BCUT2D eigenvalue weighted by Gasteiger charge is -2.02. The molecule has 9 nitrogen and oxygen atoms in total. The molecule has 0 saturated heterocycles. The standard InChI is InChI=1S/C9H11N7O2S/c1-2-16-8(17)13-14-9(16)19-6-4-11-5(3-12-6)7(10)15-18/h3-4,18H,2H2,1H3,(H2,10,15)(H,13,17). The van der Waals surface area contributed by atoms with Crippen molar-refractivity contribution in [3.05, 3.63) is 28.6 Å². The lowest BCUT2D eigenvalue weighted by atomic mass is 10.4. The van der Waals surface area contributed by atoms with Crippen molar-refractivity contribution in [3.8, 4) is 0 Å². The summed E-state index contributed by atoms with van der Waals surface area (Å²) in [5, 5.41) is 18.6. The van der Waals surface area contributed by atoms with Crippen molar-refractivity contribution in [1.82, 2.24) is 24.7 Å². The second-order valence-electron chi connectivity index (χ2n) is 3.38. The molecule has 0 amide bonds. The van der Waals surface area contributed by atoms with Gasteiger partial charge in [-0.3, -0.25) is 4.57 Å². The lowest BCUT2D eigenvalue weighted by molar-refractivity contribution is 0.318. The Bertz CT molecular complexity index is 645. The third-order valence-electron chi connectivity index (χ3n) is 2.23. The summed E-state index contributed by atoms with van der Waals surface area (Å²) >= 11 is 1.19. The minimum Gasteiger partial charge on any atom is -0.409 e. The molecule has 0 spiro atoms. The van der Waals surface area contributed by atoms with Crippen molar-refractivity contribution >= 4 is 17.6 Å². The van der Waals surface area contributed by atoms with Gasteiger partial charge >= 0.3 is 5.69 Å². The molecular formula is C9H11N7O2S. The van der Waals surface area contributed by atoms with Crippen molar-refractivity contribution in [3.63, 3.8) is 0 Å². The first kappa shape index (κ1) is 13.1. The smallest absolute Gasteiger partial charge is 0.343 e. The highest BCUT2D eigenvalue weighted by atomic mass is 32.2. The maximum Gasteiger partial charge on any atom is 0.343 e. The molecule has 2 aromatic heterocycles. The van der Waals surface area contributed by atoms with E-state index in [0.29, 0.717) is 16.7 Å². The van der Waals surface area contributed by atoms with Crippen LogP contribution in [0.3, 0.4) is 0 Å². The number of hydrogen-bond donors (Lipinski definition) is 3. The number of oxime groups is 1. The third kappa shape index (κ3) is 2.73. The molecule has 2 rings (SSSR count). The fraction of sp³-hybridized carbons (Fsp3) is 0.222. The maximum atomic E-state index is 11.4. The van der Waals surface area contributed by atoms with Crippen LogP contribution < -0.4 is 11.4 Å². The van der Waals surface area contributed by atoms with E-state index in [9.17, 15) is 4.79 Å². The number of nitrogens with one attached hydrogen (secondary N) is 1. The summed E-state index contributed by atoms with van der Waals surface area (Å²) in [5.74, 6) is -0.116. The van der Waals surface area contributed by atoms with E-state index in [0.717, 1.165) is 0 Å². The number of rotatable bonds is 4. The van der Waals surface area contributed by atoms with Crippen LogP contribution in [-0.4, -0.2) is 35.8 Å². The summed E-state index contributed by atoms with van der Waals surface area (Å²) in [6.45, 7) is 2.35. The number of aromatic nitrogens is 5. The van der Waals surface area contributed by atoms with Crippen LogP contribution in [0.1, 0.15) is 12.6 Å². The van der Waals surface area contributed by atoms with E-state index in [4.69, 9.17) is 10.9 Å². The van der Waals surface area contributed by atoms with Crippen LogP contribution in [0.2, 0.25) is 0 Å². The van der Waals surface area contributed by atoms with E-state index in [1.54, 1.807) is 0 Å². The van der Waals surface area contributed by atoms with E-state index in [-0.39, 0.29) is 17.2 Å². The van der Waals surface area contributed by atoms with Crippen LogP contribution in [0.25, 0.3) is 0 Å². The number of hydrogen-bond acceptors (Lipinski definition) is 7. The number of amidine groups is 1. The molecule has 0 bridgehead atoms. The Labute approximate surface area is 111 Å². The summed E-state index contributed by atoms with van der Waals surface area (Å²) < 4.78 is 1.48. The van der Waals surface area contributed by atoms with Crippen molar-refractivity contribution in [1.29, 1.82) is 0 Å². The Morgan fingerprint density at radius 3 is 2.95 bits per heavy atom. The van der Waals surface area contributed by atoms with E-state index < -0.39 is 0 Å². The van der Waals surface area contributed by atoms with Crippen LogP contribution in [0.4, 0.5) is 0 Å². The van der Waals surface area contributed by atoms with Gasteiger partial charge in [-0.2, -0.15) is 0 Å². The van der Waals surface area contributed by atoms with Crippen LogP contribution in [0, 0.1) is 0 Å². The van der Waals surface area contributed by atoms with Crippen molar-refractivity contribution in [2.24, 2.45) is 10.9 Å². The molecule has 100 valence electrons. The van der Waals surface area contributed by atoms with E-state index in [1.807, 2.05) is 6.92 Å². The Morgan fingerprint density at radius 1 is 1.58 bits per heavy atom. The van der Waals surface area contributed by atoms with E-state index >= 15 is 0 Å². The van der Waals surface area contributed by atoms with E-state index in [2.05, 4.69) is 25.3 Å². The van der Waals surface area contributed by atoms with Gasteiger partial charge in [0, 0.05) is 6.54 Å². The van der Waals surface area contributed by atoms with Gasteiger partial charge in [0.25, 0.3) is 0 Å². The zero-order valence-corrected chi connectivity index (χ0v) is 10.8. The number of H-pyrrole nitrogens is 1. The first-order valence-corrected chi connectivity index (χ1v) is 6.10. The van der Waals surface area contributed by atoms with Crippen LogP contribution in [0.5, 0.6) is 0 Å². The minimum absolute atomic E-state index is 0.116. The van der Waals surface area contributed by atoms with Gasteiger partial charge in [-0.15, -0.1) is 5.10 Å². The molecule has 0 radical (unpaired) electrons. The summed E-state index contributed by atoms with van der Waals surface area (Å²) in [6.07, 6.45) is 2.83. The van der Waals surface area contributed by atoms with Gasteiger partial charge in [-0.1, -0.05) is 5.16 Å². The minimum atomic E-state index is -0.272. The fourth-order valence-corrected chi connectivity index (χ4v) is 2.12. The predicted octanol–water partition coefficient (Wildman–Crippen LogP) is -0.373. The third-order valence-corrected chi connectivity index (χ3v) is 3.15. The van der Waals surface area contributed by atoms with Gasteiger partial charge in [0.1, 0.15) is 10.7 Å². The quantitative estimate of drug-likeness (QED) is 0.301. The van der Waals surface area contributed by atoms with Crippen LogP contribution in [-0.2, 0) is 6.54 Å². The molecule has 0 aliphatic carbocycles. The fourth-order valence-electron chi connectivity index (χ4n) is 1.31. The zero-order chi connectivity index (χ0) is 13.8. The van der Waals surface area contributed by atoms with Crippen LogP contribution in [0.15, 0.2) is 32.5 Å². The molecule has 2 aromatic rings. The Kier molecular flexibility index (Phi) is 3.80. The highest BCUT2D eigenvalue weighted by Gasteiger charge is 2.10. The molecule has 4 N–H and O–H groups in total. The topological polar surface area (TPSA) is 135 Å². The molecule has 10 heteroatoms. The first-order chi connectivity index (χ1) is 9.15. The maximum absolute atomic E-state index is 11.4. The largest absolute Gasteiger partial charge is 0.409 e. The average molecular weight is 281 g/mol. The molecule has 19 heavy (non-hydrogen) atoms. The number of nitrogens with zero attached hydrogens (tertiary/aromatic N) is 5. The molecule has 0 aromatic carbocycles. The summed E-state index contributed by atoms with van der Waals surface area (Å²) in [4.78, 5) is 19.4. The molecular weight excluding hydrogens is 270 g/mol. The van der Waals surface area contributed by atoms with Crippen molar-refractivity contribution < 1.29 is 5.21 Å². The molecule has 0 aliphatic heterocycles. The van der Waals surface area contributed by atoms with Crippen molar-refractivity contribution in [2.45, 2.75) is 23.7 Å².